The van der Waals surface area contributed by atoms with E-state index in [1.54, 1.807) is 24.3 Å². The summed E-state index contributed by atoms with van der Waals surface area (Å²) in [5.74, 6) is 0.411. The van der Waals surface area contributed by atoms with Crippen molar-refractivity contribution in [3.63, 3.8) is 0 Å². The molecule has 0 unspecified atom stereocenters. The smallest absolute Gasteiger partial charge is 0.336 e. The molecule has 0 atom stereocenters. The molecule has 122 valence electrons. The van der Waals surface area contributed by atoms with Gasteiger partial charge in [-0.05, 0) is 61.4 Å². The molecule has 2 aromatic carbocycles. The van der Waals surface area contributed by atoms with Crippen LogP contribution in [0.4, 0.5) is 5.69 Å². The summed E-state index contributed by atoms with van der Waals surface area (Å²) in [6.45, 7) is 3.88. The van der Waals surface area contributed by atoms with Crippen LogP contribution in [0.25, 0.3) is 11.0 Å². The highest BCUT2D eigenvalue weighted by Gasteiger charge is 2.06. The maximum Gasteiger partial charge on any atom is 0.336 e. The molecule has 0 spiro atoms. The summed E-state index contributed by atoms with van der Waals surface area (Å²) in [4.78, 5) is 23.2. The Kier molecular flexibility index (Phi) is 4.33. The lowest BCUT2D eigenvalue weighted by atomic mass is 10.1. The van der Waals surface area contributed by atoms with Crippen LogP contribution in [-0.2, 0) is 4.79 Å². The SMILES string of the molecule is Cc1cc(C)cc(OCC(=O)Nc2ccc3oc(=O)ccc3c2)c1. The van der Waals surface area contributed by atoms with Crippen LogP contribution in [0.3, 0.4) is 0 Å². The summed E-state index contributed by atoms with van der Waals surface area (Å²) >= 11 is 0. The number of hydrogen-bond acceptors (Lipinski definition) is 4. The Hall–Kier alpha value is -3.08. The Bertz CT molecular complexity index is 939. The van der Waals surface area contributed by atoms with Crippen molar-refractivity contribution in [2.24, 2.45) is 0 Å². The van der Waals surface area contributed by atoms with Crippen molar-refractivity contribution in [3.8, 4) is 5.75 Å². The van der Waals surface area contributed by atoms with E-state index in [0.717, 1.165) is 16.5 Å². The molecule has 24 heavy (non-hydrogen) atoms. The molecule has 0 saturated heterocycles. The summed E-state index contributed by atoms with van der Waals surface area (Å²) in [6.07, 6.45) is 0. The van der Waals surface area contributed by atoms with E-state index < -0.39 is 5.63 Å². The molecule has 0 aliphatic carbocycles. The van der Waals surface area contributed by atoms with Gasteiger partial charge in [0, 0.05) is 17.1 Å². The first kappa shape index (κ1) is 15.8. The molecule has 3 rings (SSSR count). The van der Waals surface area contributed by atoms with E-state index in [2.05, 4.69) is 5.32 Å². The van der Waals surface area contributed by atoms with Gasteiger partial charge in [-0.1, -0.05) is 6.07 Å². The van der Waals surface area contributed by atoms with E-state index in [0.29, 0.717) is 17.0 Å². The normalized spacial score (nSPS) is 10.6. The second kappa shape index (κ2) is 6.58. The van der Waals surface area contributed by atoms with Gasteiger partial charge in [0.25, 0.3) is 5.91 Å². The van der Waals surface area contributed by atoms with Crippen molar-refractivity contribution in [3.05, 3.63) is 70.1 Å². The maximum atomic E-state index is 12.0. The zero-order valence-corrected chi connectivity index (χ0v) is 13.5. The van der Waals surface area contributed by atoms with Crippen molar-refractivity contribution in [1.82, 2.24) is 0 Å². The van der Waals surface area contributed by atoms with Crippen LogP contribution in [0.15, 0.2) is 57.7 Å². The van der Waals surface area contributed by atoms with Crippen molar-refractivity contribution < 1.29 is 13.9 Å². The molecule has 1 aromatic heterocycles. The predicted molar refractivity (Wildman–Crippen MR) is 92.5 cm³/mol. The van der Waals surface area contributed by atoms with Gasteiger partial charge >= 0.3 is 5.63 Å². The van der Waals surface area contributed by atoms with E-state index in [1.807, 2.05) is 32.0 Å². The minimum absolute atomic E-state index is 0.0786. The van der Waals surface area contributed by atoms with Gasteiger partial charge in [0.15, 0.2) is 6.61 Å². The monoisotopic (exact) mass is 323 g/mol. The van der Waals surface area contributed by atoms with Gasteiger partial charge in [-0.15, -0.1) is 0 Å². The summed E-state index contributed by atoms with van der Waals surface area (Å²) in [6, 6.07) is 13.9. The van der Waals surface area contributed by atoms with Gasteiger partial charge < -0.3 is 14.5 Å². The molecule has 0 fully saturated rings. The molecule has 0 saturated carbocycles. The average molecular weight is 323 g/mol. The number of nitrogens with one attached hydrogen (secondary N) is 1. The van der Waals surface area contributed by atoms with Crippen LogP contribution < -0.4 is 15.7 Å². The number of anilines is 1. The van der Waals surface area contributed by atoms with Crippen molar-refractivity contribution in [2.75, 3.05) is 11.9 Å². The molecule has 1 heterocycles. The molecule has 0 aliphatic rings. The van der Waals surface area contributed by atoms with E-state index in [4.69, 9.17) is 9.15 Å². The highest BCUT2D eigenvalue weighted by atomic mass is 16.5. The number of amides is 1. The molecule has 5 nitrogen and oxygen atoms in total. The standard InChI is InChI=1S/C19H17NO4/c1-12-7-13(2)9-16(8-12)23-11-18(21)20-15-4-5-17-14(10-15)3-6-19(22)24-17/h3-10H,11H2,1-2H3,(H,20,21). The number of ether oxygens (including phenoxy) is 1. The lowest BCUT2D eigenvalue weighted by molar-refractivity contribution is -0.118. The van der Waals surface area contributed by atoms with Gasteiger partial charge in [0.05, 0.1) is 0 Å². The minimum atomic E-state index is -0.402. The first-order valence-electron chi connectivity index (χ1n) is 7.54. The van der Waals surface area contributed by atoms with Gasteiger partial charge in [-0.2, -0.15) is 0 Å². The molecule has 5 heteroatoms. The topological polar surface area (TPSA) is 68.5 Å². The van der Waals surface area contributed by atoms with Gasteiger partial charge in [0.1, 0.15) is 11.3 Å². The van der Waals surface area contributed by atoms with Crippen LogP contribution in [0.2, 0.25) is 0 Å². The number of rotatable bonds is 4. The number of benzene rings is 2. The zero-order valence-electron chi connectivity index (χ0n) is 13.5. The molecule has 1 amide bonds. The summed E-state index contributed by atoms with van der Waals surface area (Å²) in [5.41, 5.74) is 2.86. The van der Waals surface area contributed by atoms with Crippen LogP contribution in [0.1, 0.15) is 11.1 Å². The Morgan fingerprint density at radius 1 is 1.04 bits per heavy atom. The fraction of sp³-hybridized carbons (Fsp3) is 0.158. The predicted octanol–water partition coefficient (Wildman–Crippen LogP) is 3.43. The zero-order chi connectivity index (χ0) is 17.1. The summed E-state index contributed by atoms with van der Waals surface area (Å²) in [5, 5.41) is 3.50. The number of carbonyl (C=O) groups is 1. The Labute approximate surface area is 138 Å². The third kappa shape index (κ3) is 3.81. The largest absolute Gasteiger partial charge is 0.484 e. The Morgan fingerprint density at radius 3 is 2.54 bits per heavy atom. The molecule has 0 radical (unpaired) electrons. The van der Waals surface area contributed by atoms with Crippen LogP contribution in [-0.4, -0.2) is 12.5 Å². The fourth-order valence-corrected chi connectivity index (χ4v) is 2.51. The number of hydrogen-bond donors (Lipinski definition) is 1. The second-order valence-corrected chi connectivity index (χ2v) is 5.67. The number of carbonyl (C=O) groups excluding carboxylic acids is 1. The van der Waals surface area contributed by atoms with E-state index in [9.17, 15) is 9.59 Å². The highest BCUT2D eigenvalue weighted by Crippen LogP contribution is 2.18. The minimum Gasteiger partial charge on any atom is -0.484 e. The van der Waals surface area contributed by atoms with E-state index >= 15 is 0 Å². The highest BCUT2D eigenvalue weighted by molar-refractivity contribution is 5.94. The summed E-state index contributed by atoms with van der Waals surface area (Å²) in [7, 11) is 0. The number of aryl methyl sites for hydroxylation is 2. The van der Waals surface area contributed by atoms with Gasteiger partial charge in [-0.25, -0.2) is 4.79 Å². The maximum absolute atomic E-state index is 12.0. The quantitative estimate of drug-likeness (QED) is 0.747. The van der Waals surface area contributed by atoms with Gasteiger partial charge in [0.2, 0.25) is 0 Å². The number of fused-ring (bicyclic) bond motifs is 1. The van der Waals surface area contributed by atoms with Crippen LogP contribution in [0.5, 0.6) is 5.75 Å². The first-order valence-corrected chi connectivity index (χ1v) is 7.54. The summed E-state index contributed by atoms with van der Waals surface area (Å²) < 4.78 is 10.6. The van der Waals surface area contributed by atoms with Gasteiger partial charge in [-0.3, -0.25) is 4.79 Å². The lowest BCUT2D eigenvalue weighted by Gasteiger charge is -2.09. The van der Waals surface area contributed by atoms with Crippen molar-refractivity contribution in [1.29, 1.82) is 0 Å². The molecule has 3 aromatic rings. The molecule has 0 bridgehead atoms. The fourth-order valence-electron chi connectivity index (χ4n) is 2.51. The van der Waals surface area contributed by atoms with Crippen LogP contribution in [0, 0.1) is 13.8 Å². The van der Waals surface area contributed by atoms with Crippen LogP contribution >= 0.6 is 0 Å². The lowest BCUT2D eigenvalue weighted by Crippen LogP contribution is -2.20. The Balaban J connectivity index is 1.66. The third-order valence-electron chi connectivity index (χ3n) is 3.47. The van der Waals surface area contributed by atoms with E-state index in [-0.39, 0.29) is 12.5 Å². The average Bonchev–Trinajstić information content (AvgIpc) is 2.52. The van der Waals surface area contributed by atoms with E-state index in [1.165, 1.54) is 6.07 Å². The molecular formula is C19H17NO4. The second-order valence-electron chi connectivity index (χ2n) is 5.67. The molecule has 0 aliphatic heterocycles. The van der Waals surface area contributed by atoms with Crippen molar-refractivity contribution >= 4 is 22.6 Å². The Morgan fingerprint density at radius 2 is 1.79 bits per heavy atom. The third-order valence-corrected chi connectivity index (χ3v) is 3.47. The molecular weight excluding hydrogens is 306 g/mol. The first-order chi connectivity index (χ1) is 11.5. The molecule has 1 N–H and O–H groups in total. The van der Waals surface area contributed by atoms with Crippen molar-refractivity contribution in [2.45, 2.75) is 13.8 Å².